The van der Waals surface area contributed by atoms with E-state index < -0.39 is 0 Å². The fourth-order valence-corrected chi connectivity index (χ4v) is 3.85. The fourth-order valence-electron chi connectivity index (χ4n) is 3.36. The molecule has 114 valence electrons. The van der Waals surface area contributed by atoms with Crippen LogP contribution in [0.15, 0.2) is 4.47 Å². The molecule has 2 unspecified atom stereocenters. The number of nitrogens with zero attached hydrogens (tertiary/aromatic N) is 2. The third kappa shape index (κ3) is 4.08. The number of aromatic nitrogens is 2. The van der Waals surface area contributed by atoms with E-state index in [1.807, 2.05) is 0 Å². The molecule has 0 saturated heterocycles. The van der Waals surface area contributed by atoms with E-state index in [1.165, 1.54) is 48.7 Å². The summed E-state index contributed by atoms with van der Waals surface area (Å²) in [5.74, 6) is 0.790. The van der Waals surface area contributed by atoms with Gasteiger partial charge in [-0.15, -0.1) is 0 Å². The van der Waals surface area contributed by atoms with Crippen molar-refractivity contribution in [2.75, 3.05) is 6.54 Å². The summed E-state index contributed by atoms with van der Waals surface area (Å²) in [6.07, 6.45) is 9.17. The van der Waals surface area contributed by atoms with Gasteiger partial charge in [-0.2, -0.15) is 5.10 Å². The van der Waals surface area contributed by atoms with E-state index >= 15 is 0 Å². The third-order valence-corrected chi connectivity index (χ3v) is 5.49. The maximum atomic E-state index is 4.52. The van der Waals surface area contributed by atoms with Crippen molar-refractivity contribution in [1.82, 2.24) is 15.1 Å². The lowest BCUT2D eigenvalue weighted by Crippen LogP contribution is -2.31. The van der Waals surface area contributed by atoms with E-state index in [9.17, 15) is 0 Å². The van der Waals surface area contributed by atoms with Crippen LogP contribution in [-0.2, 0) is 13.5 Å². The minimum atomic E-state index is 0.718. The molecule has 0 aliphatic heterocycles. The first kappa shape index (κ1) is 16.0. The second-order valence-corrected chi connectivity index (χ2v) is 7.00. The van der Waals surface area contributed by atoms with E-state index in [-0.39, 0.29) is 0 Å². The Morgan fingerprint density at radius 1 is 1.35 bits per heavy atom. The molecule has 0 spiro atoms. The number of rotatable bonds is 5. The van der Waals surface area contributed by atoms with Crippen molar-refractivity contribution >= 4 is 15.9 Å². The number of hydrogen-bond donors (Lipinski definition) is 1. The van der Waals surface area contributed by atoms with Gasteiger partial charge < -0.3 is 5.32 Å². The molecule has 4 heteroatoms. The summed E-state index contributed by atoms with van der Waals surface area (Å²) in [6.45, 7) is 5.48. The molecular formula is C16H28BrN3. The van der Waals surface area contributed by atoms with Gasteiger partial charge in [0.2, 0.25) is 0 Å². The Hall–Kier alpha value is -0.350. The summed E-state index contributed by atoms with van der Waals surface area (Å²) < 4.78 is 3.26. The van der Waals surface area contributed by atoms with Crippen molar-refractivity contribution in [3.05, 3.63) is 15.9 Å². The molecule has 1 N–H and O–H groups in total. The van der Waals surface area contributed by atoms with Crippen LogP contribution in [0.3, 0.4) is 0 Å². The van der Waals surface area contributed by atoms with Gasteiger partial charge in [-0.1, -0.05) is 26.2 Å². The highest BCUT2D eigenvalue weighted by molar-refractivity contribution is 9.10. The smallest absolute Gasteiger partial charge is 0.0738 e. The monoisotopic (exact) mass is 341 g/mol. The van der Waals surface area contributed by atoms with Gasteiger partial charge in [0.1, 0.15) is 0 Å². The predicted octanol–water partition coefficient (Wildman–Crippen LogP) is 3.98. The highest BCUT2D eigenvalue weighted by atomic mass is 79.9. The molecular weight excluding hydrogens is 314 g/mol. The summed E-state index contributed by atoms with van der Waals surface area (Å²) in [4.78, 5) is 0. The van der Waals surface area contributed by atoms with Gasteiger partial charge >= 0.3 is 0 Å². The molecule has 1 saturated carbocycles. The SMILES string of the molecule is CCCNC1CCCCC(Cc2c(Br)c(C)nn2C)C1. The van der Waals surface area contributed by atoms with Crippen LogP contribution < -0.4 is 5.32 Å². The van der Waals surface area contributed by atoms with Gasteiger partial charge in [-0.05, 0) is 61.0 Å². The molecule has 1 aliphatic rings. The van der Waals surface area contributed by atoms with Crippen molar-refractivity contribution in [1.29, 1.82) is 0 Å². The molecule has 0 amide bonds. The highest BCUT2D eigenvalue weighted by Crippen LogP contribution is 2.30. The maximum Gasteiger partial charge on any atom is 0.0738 e. The number of aryl methyl sites for hydroxylation is 2. The summed E-state index contributed by atoms with van der Waals surface area (Å²) in [6, 6.07) is 0.718. The Labute approximate surface area is 131 Å². The van der Waals surface area contributed by atoms with E-state index in [2.05, 4.69) is 51.9 Å². The first-order valence-corrected chi connectivity index (χ1v) is 8.82. The van der Waals surface area contributed by atoms with Crippen LogP contribution in [0, 0.1) is 12.8 Å². The molecule has 1 aliphatic carbocycles. The van der Waals surface area contributed by atoms with Crippen molar-refractivity contribution < 1.29 is 0 Å². The van der Waals surface area contributed by atoms with Crippen LogP contribution in [0.2, 0.25) is 0 Å². The third-order valence-electron chi connectivity index (χ3n) is 4.46. The van der Waals surface area contributed by atoms with E-state index in [1.54, 1.807) is 0 Å². The Balaban J connectivity index is 1.99. The molecule has 1 heterocycles. The van der Waals surface area contributed by atoms with Gasteiger partial charge in [-0.25, -0.2) is 0 Å². The first-order chi connectivity index (χ1) is 9.61. The number of hydrogen-bond acceptors (Lipinski definition) is 2. The summed E-state index contributed by atoms with van der Waals surface area (Å²) in [5.41, 5.74) is 2.47. The van der Waals surface area contributed by atoms with E-state index in [0.717, 1.165) is 30.6 Å². The van der Waals surface area contributed by atoms with Gasteiger partial charge in [0.15, 0.2) is 0 Å². The van der Waals surface area contributed by atoms with Crippen LogP contribution in [-0.4, -0.2) is 22.4 Å². The minimum absolute atomic E-state index is 0.718. The molecule has 0 radical (unpaired) electrons. The van der Waals surface area contributed by atoms with E-state index in [4.69, 9.17) is 0 Å². The van der Waals surface area contributed by atoms with Crippen molar-refractivity contribution in [3.8, 4) is 0 Å². The largest absolute Gasteiger partial charge is 0.314 e. The zero-order valence-corrected chi connectivity index (χ0v) is 14.7. The van der Waals surface area contributed by atoms with E-state index in [0.29, 0.717) is 0 Å². The molecule has 2 atom stereocenters. The topological polar surface area (TPSA) is 29.9 Å². The number of halogens is 1. The lowest BCUT2D eigenvalue weighted by molar-refractivity contribution is 0.378. The minimum Gasteiger partial charge on any atom is -0.314 e. The molecule has 1 fully saturated rings. The first-order valence-electron chi connectivity index (χ1n) is 8.03. The normalized spacial score (nSPS) is 23.8. The Morgan fingerprint density at radius 2 is 2.10 bits per heavy atom. The van der Waals surface area contributed by atoms with Crippen LogP contribution >= 0.6 is 15.9 Å². The summed E-state index contributed by atoms with van der Waals surface area (Å²) >= 11 is 3.71. The molecule has 1 aromatic heterocycles. The average molecular weight is 342 g/mol. The second kappa shape index (κ2) is 7.60. The zero-order chi connectivity index (χ0) is 14.5. The molecule has 2 rings (SSSR count). The average Bonchev–Trinajstić information content (AvgIpc) is 2.62. The van der Waals surface area contributed by atoms with Crippen molar-refractivity contribution in [3.63, 3.8) is 0 Å². The molecule has 3 nitrogen and oxygen atoms in total. The van der Waals surface area contributed by atoms with Gasteiger partial charge in [0.05, 0.1) is 15.9 Å². The predicted molar refractivity (Wildman–Crippen MR) is 88.0 cm³/mol. The Kier molecular flexibility index (Phi) is 6.09. The molecule has 1 aromatic rings. The summed E-state index contributed by atoms with van der Waals surface area (Å²) in [7, 11) is 2.07. The molecule has 20 heavy (non-hydrogen) atoms. The maximum absolute atomic E-state index is 4.52. The fraction of sp³-hybridized carbons (Fsp3) is 0.812. The molecule has 0 bridgehead atoms. The zero-order valence-electron chi connectivity index (χ0n) is 13.1. The Bertz CT molecular complexity index is 428. The Morgan fingerprint density at radius 3 is 2.75 bits per heavy atom. The van der Waals surface area contributed by atoms with Crippen LogP contribution in [0.1, 0.15) is 56.8 Å². The van der Waals surface area contributed by atoms with Crippen LogP contribution in [0.5, 0.6) is 0 Å². The standard InChI is InChI=1S/C16H28BrN3/c1-4-9-18-14-8-6-5-7-13(10-14)11-15-16(17)12(2)19-20(15)3/h13-14,18H,4-11H2,1-3H3. The second-order valence-electron chi connectivity index (χ2n) is 6.21. The van der Waals surface area contributed by atoms with Gasteiger partial charge in [-0.3, -0.25) is 4.68 Å². The summed E-state index contributed by atoms with van der Waals surface area (Å²) in [5, 5.41) is 8.25. The quantitative estimate of drug-likeness (QED) is 0.820. The van der Waals surface area contributed by atoms with Crippen molar-refractivity contribution in [2.45, 2.75) is 64.8 Å². The van der Waals surface area contributed by atoms with Gasteiger partial charge in [0.25, 0.3) is 0 Å². The highest BCUT2D eigenvalue weighted by Gasteiger charge is 2.22. The van der Waals surface area contributed by atoms with Crippen LogP contribution in [0.25, 0.3) is 0 Å². The molecule has 0 aromatic carbocycles. The van der Waals surface area contributed by atoms with Gasteiger partial charge in [0, 0.05) is 13.1 Å². The van der Waals surface area contributed by atoms with Crippen molar-refractivity contribution in [2.24, 2.45) is 13.0 Å². The van der Waals surface area contributed by atoms with Crippen LogP contribution in [0.4, 0.5) is 0 Å². The lowest BCUT2D eigenvalue weighted by atomic mass is 9.93. The lowest BCUT2D eigenvalue weighted by Gasteiger charge is -2.21. The number of nitrogens with one attached hydrogen (secondary N) is 1.